The minimum Gasteiger partial charge on any atom is -0.311 e. The predicted molar refractivity (Wildman–Crippen MR) is 60.2 cm³/mol. The SMILES string of the molecule is CC(C)C1C(=O)N(S(C)(=O)=O)[C@@H]2CCN[C@@H]12. The first kappa shape index (κ1) is 11.9. The van der Waals surface area contributed by atoms with E-state index in [1.54, 1.807) is 0 Å². The lowest BCUT2D eigenvalue weighted by molar-refractivity contribution is -0.128. The largest absolute Gasteiger partial charge is 0.311 e. The van der Waals surface area contributed by atoms with Crippen molar-refractivity contribution in [2.75, 3.05) is 12.8 Å². The molecule has 1 N–H and O–H groups in total. The summed E-state index contributed by atoms with van der Waals surface area (Å²) in [6, 6.07) is -0.169. The summed E-state index contributed by atoms with van der Waals surface area (Å²) in [5.74, 6) is -0.278. The molecule has 2 aliphatic heterocycles. The van der Waals surface area contributed by atoms with E-state index >= 15 is 0 Å². The Labute approximate surface area is 96.2 Å². The van der Waals surface area contributed by atoms with Crippen molar-refractivity contribution in [3.8, 4) is 0 Å². The molecule has 0 radical (unpaired) electrons. The van der Waals surface area contributed by atoms with E-state index in [1.165, 1.54) is 0 Å². The van der Waals surface area contributed by atoms with E-state index in [2.05, 4.69) is 5.32 Å². The van der Waals surface area contributed by atoms with Gasteiger partial charge >= 0.3 is 0 Å². The molecular weight excluding hydrogens is 228 g/mol. The van der Waals surface area contributed by atoms with Crippen molar-refractivity contribution in [2.45, 2.75) is 32.4 Å². The standard InChI is InChI=1S/C10H18N2O3S/c1-6(2)8-9-7(4-5-11-9)12(10(8)13)16(3,14)15/h6-9,11H,4-5H2,1-3H3/t7-,8?,9-/m1/s1. The summed E-state index contributed by atoms with van der Waals surface area (Å²) < 4.78 is 24.4. The van der Waals surface area contributed by atoms with Gasteiger partial charge in [-0.25, -0.2) is 12.7 Å². The first-order chi connectivity index (χ1) is 7.34. The summed E-state index contributed by atoms with van der Waals surface area (Å²) in [6.07, 6.45) is 1.84. The molecule has 2 fully saturated rings. The van der Waals surface area contributed by atoms with Crippen LogP contribution in [0.4, 0.5) is 0 Å². The molecule has 0 spiro atoms. The van der Waals surface area contributed by atoms with Crippen LogP contribution >= 0.6 is 0 Å². The average Bonchev–Trinajstić information content (AvgIpc) is 2.58. The van der Waals surface area contributed by atoms with Gasteiger partial charge in [0, 0.05) is 6.04 Å². The molecule has 2 saturated heterocycles. The highest BCUT2D eigenvalue weighted by Crippen LogP contribution is 2.36. The second-order valence-corrected chi connectivity index (χ2v) is 6.86. The number of carbonyl (C=O) groups excluding carboxylic acids is 1. The van der Waals surface area contributed by atoms with Crippen LogP contribution in [-0.2, 0) is 14.8 Å². The highest BCUT2D eigenvalue weighted by atomic mass is 32.2. The summed E-state index contributed by atoms with van der Waals surface area (Å²) in [5, 5.41) is 3.26. The van der Waals surface area contributed by atoms with Gasteiger partial charge in [0.25, 0.3) is 0 Å². The number of hydrogen-bond acceptors (Lipinski definition) is 4. The van der Waals surface area contributed by atoms with Crippen LogP contribution in [0, 0.1) is 11.8 Å². The van der Waals surface area contributed by atoms with E-state index in [4.69, 9.17) is 0 Å². The van der Waals surface area contributed by atoms with Crippen LogP contribution in [0.15, 0.2) is 0 Å². The lowest BCUT2D eigenvalue weighted by Crippen LogP contribution is -2.39. The molecule has 92 valence electrons. The number of sulfonamides is 1. The van der Waals surface area contributed by atoms with E-state index in [0.29, 0.717) is 0 Å². The first-order valence-electron chi connectivity index (χ1n) is 5.60. The van der Waals surface area contributed by atoms with Crippen LogP contribution in [-0.4, -0.2) is 43.5 Å². The molecule has 0 aromatic carbocycles. The maximum Gasteiger partial charge on any atom is 0.241 e. The van der Waals surface area contributed by atoms with E-state index in [9.17, 15) is 13.2 Å². The van der Waals surface area contributed by atoms with Crippen LogP contribution in [0.1, 0.15) is 20.3 Å². The molecule has 2 heterocycles. The van der Waals surface area contributed by atoms with Gasteiger partial charge in [-0.05, 0) is 18.9 Å². The molecule has 1 unspecified atom stereocenters. The van der Waals surface area contributed by atoms with E-state index in [1.807, 2.05) is 13.8 Å². The van der Waals surface area contributed by atoms with Crippen molar-refractivity contribution in [1.29, 1.82) is 0 Å². The molecule has 0 aromatic heterocycles. The number of nitrogens with zero attached hydrogens (tertiary/aromatic N) is 1. The third-order valence-electron chi connectivity index (χ3n) is 3.50. The molecule has 3 atom stereocenters. The Morgan fingerprint density at radius 1 is 1.44 bits per heavy atom. The monoisotopic (exact) mass is 246 g/mol. The van der Waals surface area contributed by atoms with Crippen molar-refractivity contribution in [3.05, 3.63) is 0 Å². The summed E-state index contributed by atoms with van der Waals surface area (Å²) in [7, 11) is -3.43. The molecule has 2 rings (SSSR count). The fourth-order valence-electron chi connectivity index (χ4n) is 2.92. The van der Waals surface area contributed by atoms with Crippen molar-refractivity contribution < 1.29 is 13.2 Å². The molecule has 1 amide bonds. The van der Waals surface area contributed by atoms with Gasteiger partial charge in [0.05, 0.1) is 18.2 Å². The van der Waals surface area contributed by atoms with Crippen LogP contribution in [0.2, 0.25) is 0 Å². The Hall–Kier alpha value is -0.620. The second kappa shape index (κ2) is 3.70. The zero-order valence-electron chi connectivity index (χ0n) is 9.80. The van der Waals surface area contributed by atoms with E-state index in [-0.39, 0.29) is 29.8 Å². The third-order valence-corrected chi connectivity index (χ3v) is 4.67. The van der Waals surface area contributed by atoms with Crippen molar-refractivity contribution in [2.24, 2.45) is 11.8 Å². The number of fused-ring (bicyclic) bond motifs is 1. The maximum absolute atomic E-state index is 12.1. The van der Waals surface area contributed by atoms with Gasteiger partial charge in [0.1, 0.15) is 0 Å². The smallest absolute Gasteiger partial charge is 0.241 e. The normalized spacial score (nSPS) is 34.9. The highest BCUT2D eigenvalue weighted by molar-refractivity contribution is 7.88. The number of carbonyl (C=O) groups is 1. The van der Waals surface area contributed by atoms with Crippen molar-refractivity contribution >= 4 is 15.9 Å². The predicted octanol–water partition coefficient (Wildman–Crippen LogP) is -0.209. The lowest BCUT2D eigenvalue weighted by atomic mass is 9.89. The zero-order valence-corrected chi connectivity index (χ0v) is 10.6. The Bertz CT molecular complexity index is 404. The summed E-state index contributed by atoms with van der Waals surface area (Å²) in [5.41, 5.74) is 0. The number of hydrogen-bond donors (Lipinski definition) is 1. The molecule has 5 nitrogen and oxygen atoms in total. The molecular formula is C10H18N2O3S. The quantitative estimate of drug-likeness (QED) is 0.732. The highest BCUT2D eigenvalue weighted by Gasteiger charge is 2.54. The minimum absolute atomic E-state index is 0.00206. The maximum atomic E-state index is 12.1. The Balaban J connectivity index is 2.39. The van der Waals surface area contributed by atoms with Crippen molar-refractivity contribution in [1.82, 2.24) is 9.62 Å². The van der Waals surface area contributed by atoms with Gasteiger partial charge in [-0.2, -0.15) is 0 Å². The molecule has 0 bridgehead atoms. The Morgan fingerprint density at radius 2 is 2.06 bits per heavy atom. The molecule has 6 heteroatoms. The average molecular weight is 246 g/mol. The second-order valence-electron chi connectivity index (χ2n) is 5.00. The van der Waals surface area contributed by atoms with Crippen LogP contribution in [0.5, 0.6) is 0 Å². The fourth-order valence-corrected chi connectivity index (χ4v) is 4.09. The summed E-state index contributed by atoms with van der Waals surface area (Å²) in [6.45, 7) is 4.72. The minimum atomic E-state index is -3.43. The van der Waals surface area contributed by atoms with Gasteiger partial charge in [0.15, 0.2) is 0 Å². The summed E-state index contributed by atoms with van der Waals surface area (Å²) >= 11 is 0. The molecule has 2 aliphatic rings. The number of nitrogens with one attached hydrogen (secondary N) is 1. The van der Waals surface area contributed by atoms with E-state index < -0.39 is 10.0 Å². The molecule has 0 aliphatic carbocycles. The molecule has 0 saturated carbocycles. The first-order valence-corrected chi connectivity index (χ1v) is 7.45. The fraction of sp³-hybridized carbons (Fsp3) is 0.900. The van der Waals surface area contributed by atoms with Gasteiger partial charge in [-0.3, -0.25) is 4.79 Å². The van der Waals surface area contributed by atoms with Crippen LogP contribution < -0.4 is 5.32 Å². The topological polar surface area (TPSA) is 66.5 Å². The van der Waals surface area contributed by atoms with Crippen molar-refractivity contribution in [3.63, 3.8) is 0 Å². The Kier molecular flexibility index (Phi) is 2.74. The van der Waals surface area contributed by atoms with Gasteiger partial charge in [-0.15, -0.1) is 0 Å². The Morgan fingerprint density at radius 3 is 2.56 bits per heavy atom. The van der Waals surface area contributed by atoms with Gasteiger partial charge < -0.3 is 5.32 Å². The number of amides is 1. The van der Waals surface area contributed by atoms with Gasteiger partial charge in [-0.1, -0.05) is 13.8 Å². The zero-order chi connectivity index (χ0) is 12.1. The third kappa shape index (κ3) is 1.64. The van der Waals surface area contributed by atoms with Gasteiger partial charge in [0.2, 0.25) is 15.9 Å². The lowest BCUT2D eigenvalue weighted by Gasteiger charge is -2.20. The molecule has 16 heavy (non-hydrogen) atoms. The molecule has 0 aromatic rings. The number of rotatable bonds is 2. The van der Waals surface area contributed by atoms with E-state index in [0.717, 1.165) is 23.5 Å². The summed E-state index contributed by atoms with van der Waals surface area (Å²) in [4.78, 5) is 12.1. The van der Waals surface area contributed by atoms with Crippen LogP contribution in [0.25, 0.3) is 0 Å². The van der Waals surface area contributed by atoms with Crippen LogP contribution in [0.3, 0.4) is 0 Å².